The van der Waals surface area contributed by atoms with E-state index in [1.54, 1.807) is 0 Å². The third-order valence-corrected chi connectivity index (χ3v) is 0. The molecule has 10 heavy (non-hydrogen) atoms. The summed E-state index contributed by atoms with van der Waals surface area (Å²) in [5, 5.41) is 0. The van der Waals surface area contributed by atoms with E-state index in [2.05, 4.69) is 0 Å². The Labute approximate surface area is 175 Å². The first-order valence-corrected chi connectivity index (χ1v) is 0. The van der Waals surface area contributed by atoms with E-state index in [0.717, 1.165) is 0 Å². The van der Waals surface area contributed by atoms with E-state index in [4.69, 9.17) is 0 Å². The summed E-state index contributed by atoms with van der Waals surface area (Å²) in [6, 6.07) is 0. The average Bonchev–Trinajstić information content (AvgIpc) is 0. The minimum absolute atomic E-state index is 0. The van der Waals surface area contributed by atoms with E-state index >= 15 is 0 Å². The molecular weight excluding hydrogens is 679 g/mol. The molecule has 0 atom stereocenters. The molecule has 0 rings (SSSR count). The molecular formula is S6Sb4. The van der Waals surface area contributed by atoms with Crippen molar-refractivity contribution in [1.82, 2.24) is 0 Å². The van der Waals surface area contributed by atoms with Crippen LogP contribution in [0, 0.1) is 0 Å². The van der Waals surface area contributed by atoms with Gasteiger partial charge < -0.3 is 81.0 Å². The van der Waals surface area contributed by atoms with Crippen molar-refractivity contribution in [2.24, 2.45) is 0 Å². The van der Waals surface area contributed by atoms with Gasteiger partial charge in [0.1, 0.15) is 0 Å². The van der Waals surface area contributed by atoms with Gasteiger partial charge in [-0.1, -0.05) is 0 Å². The maximum absolute atomic E-state index is 0. The standard InChI is InChI=1S/6S.4Sb/q6*-2;4*+3. The first-order valence-electron chi connectivity index (χ1n) is 0. The molecule has 56 valence electrons. The van der Waals surface area contributed by atoms with Gasteiger partial charge in [0.05, 0.1) is 0 Å². The second-order valence-electron chi connectivity index (χ2n) is 0. The Bertz CT molecular complexity index is 9.71. The quantitative estimate of drug-likeness (QED) is 0.273. The zero-order chi connectivity index (χ0) is 0. The summed E-state index contributed by atoms with van der Waals surface area (Å²) in [4.78, 5) is 0. The van der Waals surface area contributed by atoms with Crippen molar-refractivity contribution in [2.75, 3.05) is 0 Å². The van der Waals surface area contributed by atoms with Crippen molar-refractivity contribution in [3.05, 3.63) is 0 Å². The van der Waals surface area contributed by atoms with Crippen LogP contribution in [-0.2, 0) is 81.0 Å². The number of hydrogen-bond donors (Lipinski definition) is 0. The summed E-state index contributed by atoms with van der Waals surface area (Å²) in [6.07, 6.45) is 0. The zero-order valence-electron chi connectivity index (χ0n) is 4.24. The van der Waals surface area contributed by atoms with E-state index in [9.17, 15) is 0 Å². The maximum Gasteiger partial charge on any atom is 3.00 e. The van der Waals surface area contributed by atoms with Gasteiger partial charge in [0.15, 0.2) is 0 Å². The van der Waals surface area contributed by atoms with Crippen LogP contribution < -0.4 is 0 Å². The SMILES string of the molecule is [S-2].[S-2].[S-2].[S-2].[S-2].[S-2].[Sb+3].[Sb+3].[Sb+3].[Sb+3]. The van der Waals surface area contributed by atoms with Crippen LogP contribution in [0.1, 0.15) is 0 Å². The molecule has 0 N–H and O–H groups in total. The van der Waals surface area contributed by atoms with Gasteiger partial charge in [-0.3, -0.25) is 0 Å². The fraction of sp³-hybridized carbons (Fsp3) is 0. The Morgan fingerprint density at radius 1 is 0.200 bits per heavy atom. The average molecular weight is 679 g/mol. The van der Waals surface area contributed by atoms with Crippen LogP contribution in [0.3, 0.4) is 0 Å². The van der Waals surface area contributed by atoms with Gasteiger partial charge in [-0.15, -0.1) is 0 Å². The Morgan fingerprint density at radius 2 is 0.200 bits per heavy atom. The number of rotatable bonds is 0. The van der Waals surface area contributed by atoms with Crippen molar-refractivity contribution < 1.29 is 0 Å². The predicted octanol–water partition coefficient (Wildman–Crippen LogP) is -1.54. The van der Waals surface area contributed by atoms with Crippen LogP contribution in [0.5, 0.6) is 0 Å². The summed E-state index contributed by atoms with van der Waals surface area (Å²) in [5.41, 5.74) is 0. The van der Waals surface area contributed by atoms with Crippen molar-refractivity contribution in [1.29, 1.82) is 0 Å². The zero-order valence-corrected chi connectivity index (χ0v) is 19.3. The Kier molecular flexibility index (Phi) is 980. The van der Waals surface area contributed by atoms with Gasteiger partial charge in [-0.25, -0.2) is 0 Å². The maximum atomic E-state index is 0. The third-order valence-electron chi connectivity index (χ3n) is 0. The van der Waals surface area contributed by atoms with Crippen LogP contribution in [0.4, 0.5) is 0 Å². The van der Waals surface area contributed by atoms with Crippen LogP contribution in [0.25, 0.3) is 0 Å². The molecule has 0 fully saturated rings. The Hall–Kier alpha value is 5.37. The van der Waals surface area contributed by atoms with Crippen molar-refractivity contribution in [2.45, 2.75) is 0 Å². The molecule has 0 unspecified atom stereocenters. The topological polar surface area (TPSA) is 0 Å². The minimum atomic E-state index is 0. The molecule has 0 saturated heterocycles. The van der Waals surface area contributed by atoms with E-state index in [1.165, 1.54) is 0 Å². The molecule has 0 heterocycles. The van der Waals surface area contributed by atoms with Crippen LogP contribution in [0.15, 0.2) is 0 Å². The number of hydrogen-bond acceptors (Lipinski definition) is 0. The molecule has 0 aliphatic heterocycles. The smallest absolute Gasteiger partial charge is 2.00 e. The van der Waals surface area contributed by atoms with Crippen molar-refractivity contribution in [3.8, 4) is 0 Å². The molecule has 0 nitrogen and oxygen atoms in total. The van der Waals surface area contributed by atoms with E-state index < -0.39 is 0 Å². The summed E-state index contributed by atoms with van der Waals surface area (Å²) < 4.78 is 0. The molecule has 10 heteroatoms. The van der Waals surface area contributed by atoms with Gasteiger partial charge >= 0.3 is 97.7 Å². The van der Waals surface area contributed by atoms with Crippen LogP contribution in [0.2, 0.25) is 0 Å². The molecule has 0 bridgehead atoms. The molecule has 0 aliphatic rings. The summed E-state index contributed by atoms with van der Waals surface area (Å²) in [5.74, 6) is 0. The second-order valence-corrected chi connectivity index (χ2v) is 0. The second kappa shape index (κ2) is 89.0. The largest absolute Gasteiger partial charge is 3.00 e. The van der Waals surface area contributed by atoms with Crippen molar-refractivity contribution in [3.63, 3.8) is 0 Å². The summed E-state index contributed by atoms with van der Waals surface area (Å²) in [7, 11) is 0. The van der Waals surface area contributed by atoms with Crippen LogP contribution >= 0.6 is 0 Å². The molecule has 0 saturated carbocycles. The predicted molar refractivity (Wildman–Crippen MR) is 67.2 cm³/mol. The minimum Gasteiger partial charge on any atom is -2.00 e. The molecule has 0 aliphatic carbocycles. The van der Waals surface area contributed by atoms with Gasteiger partial charge in [0, 0.05) is 0 Å². The molecule has 0 aromatic rings. The third kappa shape index (κ3) is 70.9. The summed E-state index contributed by atoms with van der Waals surface area (Å²) in [6.45, 7) is 0. The van der Waals surface area contributed by atoms with E-state index in [1.807, 2.05) is 0 Å². The monoisotopic (exact) mass is 675 g/mol. The molecule has 0 aromatic heterocycles. The molecule has 8 radical (unpaired) electrons. The first kappa shape index (κ1) is 110. The fourth-order valence-corrected chi connectivity index (χ4v) is 0. The fourth-order valence-electron chi connectivity index (χ4n) is 0. The van der Waals surface area contributed by atoms with Crippen molar-refractivity contribution >= 4 is 179 Å². The molecule has 0 aromatic carbocycles. The first-order chi connectivity index (χ1) is 0. The van der Waals surface area contributed by atoms with Gasteiger partial charge in [-0.05, 0) is 0 Å². The van der Waals surface area contributed by atoms with E-state index in [-0.39, 0.29) is 179 Å². The van der Waals surface area contributed by atoms with Gasteiger partial charge in [-0.2, -0.15) is 0 Å². The summed E-state index contributed by atoms with van der Waals surface area (Å²) >= 11 is 0. The normalized spacial score (nSPS) is 0. The Balaban J connectivity index is 0. The molecule has 0 amide bonds. The van der Waals surface area contributed by atoms with Gasteiger partial charge in [0.2, 0.25) is 0 Å². The molecule has 0 spiro atoms. The van der Waals surface area contributed by atoms with E-state index in [0.29, 0.717) is 0 Å². The van der Waals surface area contributed by atoms with Gasteiger partial charge in [0.25, 0.3) is 0 Å². The Morgan fingerprint density at radius 3 is 0.200 bits per heavy atom. The van der Waals surface area contributed by atoms with Crippen LogP contribution in [-0.4, -0.2) is 97.7 Å².